The zero-order valence-electron chi connectivity index (χ0n) is 10.5. The Morgan fingerprint density at radius 2 is 2.00 bits per heavy atom. The van der Waals surface area contributed by atoms with Crippen LogP contribution in [0.4, 0.5) is 0 Å². The maximum atomic E-state index is 11.5. The van der Waals surface area contributed by atoms with Crippen LogP contribution < -0.4 is 9.47 Å². The molecule has 1 rings (SSSR count). The third-order valence-corrected chi connectivity index (χ3v) is 2.34. The molecule has 2 N–H and O–H groups in total. The van der Waals surface area contributed by atoms with E-state index in [0.717, 1.165) is 0 Å². The standard InChI is InChI=1S/C12H16O6/c1-4-18-12(15)10(14)9-7(13)5-6-8(16-2)11(9)17-3/h5-6,10,13-14H,4H2,1-3H3. The van der Waals surface area contributed by atoms with Gasteiger partial charge in [-0.05, 0) is 19.1 Å². The number of hydrogen-bond acceptors (Lipinski definition) is 6. The highest BCUT2D eigenvalue weighted by molar-refractivity contribution is 5.79. The van der Waals surface area contributed by atoms with Crippen molar-refractivity contribution in [2.24, 2.45) is 0 Å². The van der Waals surface area contributed by atoms with Crippen molar-refractivity contribution in [3.8, 4) is 17.2 Å². The molecule has 1 aromatic carbocycles. The summed E-state index contributed by atoms with van der Waals surface area (Å²) in [5.74, 6) is -0.737. The molecule has 0 aliphatic carbocycles. The minimum atomic E-state index is -1.63. The Morgan fingerprint density at radius 3 is 2.50 bits per heavy atom. The molecule has 1 unspecified atom stereocenters. The van der Waals surface area contributed by atoms with Crippen LogP contribution in [-0.4, -0.2) is 37.0 Å². The number of benzene rings is 1. The van der Waals surface area contributed by atoms with Gasteiger partial charge in [0, 0.05) is 0 Å². The van der Waals surface area contributed by atoms with Gasteiger partial charge in [0.15, 0.2) is 17.6 Å². The van der Waals surface area contributed by atoms with Crippen molar-refractivity contribution in [1.82, 2.24) is 0 Å². The van der Waals surface area contributed by atoms with Gasteiger partial charge in [-0.3, -0.25) is 0 Å². The van der Waals surface area contributed by atoms with E-state index in [1.165, 1.54) is 26.4 Å². The van der Waals surface area contributed by atoms with Crippen LogP contribution in [0.15, 0.2) is 12.1 Å². The van der Waals surface area contributed by atoms with Gasteiger partial charge in [-0.2, -0.15) is 0 Å². The second-order valence-electron chi connectivity index (χ2n) is 3.39. The summed E-state index contributed by atoms with van der Waals surface area (Å²) in [4.78, 5) is 11.5. The molecule has 0 radical (unpaired) electrons. The average Bonchev–Trinajstić information content (AvgIpc) is 2.37. The fourth-order valence-electron chi connectivity index (χ4n) is 1.54. The number of carbonyl (C=O) groups excluding carboxylic acids is 1. The summed E-state index contributed by atoms with van der Waals surface area (Å²) in [7, 11) is 2.76. The number of phenolic OH excluding ortho intramolecular Hbond substituents is 1. The summed E-state index contributed by atoms with van der Waals surface area (Å²) < 4.78 is 14.8. The predicted octanol–water partition coefficient (Wildman–Crippen LogP) is 1.01. The molecule has 0 saturated heterocycles. The molecule has 0 aliphatic rings. The van der Waals surface area contributed by atoms with Crippen LogP contribution >= 0.6 is 0 Å². The highest BCUT2D eigenvalue weighted by atomic mass is 16.5. The number of rotatable bonds is 5. The van der Waals surface area contributed by atoms with Gasteiger partial charge in [-0.25, -0.2) is 4.79 Å². The second kappa shape index (κ2) is 6.11. The highest BCUT2D eigenvalue weighted by Crippen LogP contribution is 2.40. The van der Waals surface area contributed by atoms with Crippen molar-refractivity contribution < 1.29 is 29.2 Å². The van der Waals surface area contributed by atoms with Gasteiger partial charge in [-0.1, -0.05) is 0 Å². The van der Waals surface area contributed by atoms with Crippen molar-refractivity contribution in [2.75, 3.05) is 20.8 Å². The molecule has 6 nitrogen and oxygen atoms in total. The molecular formula is C12H16O6. The van der Waals surface area contributed by atoms with E-state index in [4.69, 9.17) is 9.47 Å². The minimum absolute atomic E-state index is 0.0738. The molecule has 0 aromatic heterocycles. The number of aliphatic hydroxyl groups is 1. The third-order valence-electron chi connectivity index (χ3n) is 2.34. The molecule has 0 heterocycles. The van der Waals surface area contributed by atoms with Crippen molar-refractivity contribution in [2.45, 2.75) is 13.0 Å². The van der Waals surface area contributed by atoms with Crippen molar-refractivity contribution >= 4 is 5.97 Å². The molecule has 1 aromatic rings. The quantitative estimate of drug-likeness (QED) is 0.765. The lowest BCUT2D eigenvalue weighted by atomic mass is 10.1. The molecule has 0 fully saturated rings. The van der Waals surface area contributed by atoms with E-state index in [9.17, 15) is 15.0 Å². The van der Waals surface area contributed by atoms with Crippen molar-refractivity contribution in [3.63, 3.8) is 0 Å². The topological polar surface area (TPSA) is 85.2 Å². The lowest BCUT2D eigenvalue weighted by Gasteiger charge is -2.17. The number of phenols is 1. The van der Waals surface area contributed by atoms with Gasteiger partial charge in [0.25, 0.3) is 0 Å². The number of esters is 1. The summed E-state index contributed by atoms with van der Waals surface area (Å²) in [6.45, 7) is 1.75. The molecule has 0 saturated carbocycles. The average molecular weight is 256 g/mol. The SMILES string of the molecule is CCOC(=O)C(O)c1c(O)ccc(OC)c1OC. The molecule has 0 spiro atoms. The van der Waals surface area contributed by atoms with Gasteiger partial charge in [0.1, 0.15) is 5.75 Å². The summed E-state index contributed by atoms with van der Waals surface area (Å²) in [6, 6.07) is 2.77. The minimum Gasteiger partial charge on any atom is -0.507 e. The van der Waals surface area contributed by atoms with Gasteiger partial charge in [0.2, 0.25) is 0 Å². The number of methoxy groups -OCH3 is 2. The van der Waals surface area contributed by atoms with Crippen molar-refractivity contribution in [3.05, 3.63) is 17.7 Å². The fraction of sp³-hybridized carbons (Fsp3) is 0.417. The van der Waals surface area contributed by atoms with Crippen LogP contribution in [0.5, 0.6) is 17.2 Å². The van der Waals surface area contributed by atoms with Crippen LogP contribution in [0, 0.1) is 0 Å². The Balaban J connectivity index is 3.24. The smallest absolute Gasteiger partial charge is 0.339 e. The first-order valence-electron chi connectivity index (χ1n) is 5.35. The maximum Gasteiger partial charge on any atom is 0.339 e. The number of ether oxygens (including phenoxy) is 3. The monoisotopic (exact) mass is 256 g/mol. The van der Waals surface area contributed by atoms with E-state index in [1.54, 1.807) is 6.92 Å². The summed E-state index contributed by atoms with van der Waals surface area (Å²) >= 11 is 0. The van der Waals surface area contributed by atoms with Crippen LogP contribution in [-0.2, 0) is 9.53 Å². The van der Waals surface area contributed by atoms with Gasteiger partial charge >= 0.3 is 5.97 Å². The maximum absolute atomic E-state index is 11.5. The van der Waals surface area contributed by atoms with E-state index in [-0.39, 0.29) is 23.7 Å². The van der Waals surface area contributed by atoms with Crippen molar-refractivity contribution in [1.29, 1.82) is 0 Å². The van der Waals surface area contributed by atoms with E-state index in [0.29, 0.717) is 5.75 Å². The number of aliphatic hydroxyl groups excluding tert-OH is 1. The lowest BCUT2D eigenvalue weighted by molar-refractivity contribution is -0.153. The predicted molar refractivity (Wildman–Crippen MR) is 62.8 cm³/mol. The van der Waals surface area contributed by atoms with Crippen LogP contribution in [0.1, 0.15) is 18.6 Å². The largest absolute Gasteiger partial charge is 0.507 e. The van der Waals surface area contributed by atoms with E-state index in [2.05, 4.69) is 4.74 Å². The first-order valence-corrected chi connectivity index (χ1v) is 5.35. The first-order chi connectivity index (χ1) is 8.56. The number of aromatic hydroxyl groups is 1. The molecule has 0 amide bonds. The first kappa shape index (κ1) is 14.1. The molecule has 0 aliphatic heterocycles. The fourth-order valence-corrected chi connectivity index (χ4v) is 1.54. The zero-order valence-corrected chi connectivity index (χ0v) is 10.5. The van der Waals surface area contributed by atoms with E-state index >= 15 is 0 Å². The molecule has 100 valence electrons. The van der Waals surface area contributed by atoms with Crippen LogP contribution in [0.25, 0.3) is 0 Å². The molecule has 6 heteroatoms. The Labute approximate surface area is 105 Å². The third kappa shape index (κ3) is 2.65. The molecular weight excluding hydrogens is 240 g/mol. The van der Waals surface area contributed by atoms with Gasteiger partial charge < -0.3 is 24.4 Å². The normalized spacial score (nSPS) is 11.8. The van der Waals surface area contributed by atoms with Crippen LogP contribution in [0.3, 0.4) is 0 Å². The van der Waals surface area contributed by atoms with E-state index < -0.39 is 12.1 Å². The molecule has 18 heavy (non-hydrogen) atoms. The van der Waals surface area contributed by atoms with Crippen LogP contribution in [0.2, 0.25) is 0 Å². The summed E-state index contributed by atoms with van der Waals surface area (Å²) in [5, 5.41) is 19.6. The number of carbonyl (C=O) groups is 1. The summed E-state index contributed by atoms with van der Waals surface area (Å²) in [5.41, 5.74) is -0.0738. The Kier molecular flexibility index (Phi) is 4.79. The zero-order chi connectivity index (χ0) is 13.7. The Hall–Kier alpha value is -1.95. The van der Waals surface area contributed by atoms with Gasteiger partial charge in [-0.15, -0.1) is 0 Å². The van der Waals surface area contributed by atoms with E-state index in [1.807, 2.05) is 0 Å². The summed E-state index contributed by atoms with van der Waals surface area (Å²) in [6.07, 6.45) is -1.63. The Bertz CT molecular complexity index is 429. The number of hydrogen-bond donors (Lipinski definition) is 2. The highest BCUT2D eigenvalue weighted by Gasteiger charge is 2.28. The second-order valence-corrected chi connectivity index (χ2v) is 3.39. The van der Waals surface area contributed by atoms with Gasteiger partial charge in [0.05, 0.1) is 26.4 Å². The molecule has 0 bridgehead atoms. The lowest BCUT2D eigenvalue weighted by Crippen LogP contribution is -2.16. The Morgan fingerprint density at radius 1 is 1.33 bits per heavy atom. The molecule has 1 atom stereocenters.